The average Bonchev–Trinajstić information content (AvgIpc) is 2.03. The Hall–Kier alpha value is -0.860. The molecule has 1 rings (SSSR count). The molecule has 0 bridgehead atoms. The predicted molar refractivity (Wildman–Crippen MR) is 52.1 cm³/mol. The Morgan fingerprint density at radius 2 is 2.15 bits per heavy atom. The maximum Gasteiger partial charge on any atom is 0.125 e. The molecule has 0 radical (unpaired) electrons. The minimum absolute atomic E-state index is 0.0968. The molecule has 0 amide bonds. The third-order valence-corrected chi connectivity index (χ3v) is 1.71. The summed E-state index contributed by atoms with van der Waals surface area (Å²) in [6.45, 7) is 0.0968. The van der Waals surface area contributed by atoms with Crippen LogP contribution in [0.5, 0.6) is 0 Å². The van der Waals surface area contributed by atoms with E-state index in [-0.39, 0.29) is 12.4 Å². The maximum atomic E-state index is 12.8. The number of aliphatic hydroxyl groups is 1. The fraction of sp³-hybridized carbons (Fsp3) is 0.200. The van der Waals surface area contributed by atoms with Crippen LogP contribution in [0.25, 0.3) is 6.08 Å². The Morgan fingerprint density at radius 1 is 1.38 bits per heavy atom. The van der Waals surface area contributed by atoms with Gasteiger partial charge < -0.3 is 5.11 Å². The Bertz CT molecular complexity index is 290. The maximum absolute atomic E-state index is 12.8. The fourth-order valence-electron chi connectivity index (χ4n) is 0.965. The molecule has 1 aromatic carbocycles. The van der Waals surface area contributed by atoms with E-state index in [0.29, 0.717) is 17.0 Å². The van der Waals surface area contributed by atoms with Crippen LogP contribution in [-0.2, 0) is 0 Å². The zero-order valence-corrected chi connectivity index (χ0v) is 7.76. The van der Waals surface area contributed by atoms with Crippen LogP contribution >= 0.6 is 11.6 Å². The lowest BCUT2D eigenvalue weighted by Gasteiger charge is -1.95. The molecule has 0 aromatic heterocycles. The summed E-state index contributed by atoms with van der Waals surface area (Å²) in [4.78, 5) is 0. The summed E-state index contributed by atoms with van der Waals surface area (Å²) in [7, 11) is 0. The van der Waals surface area contributed by atoms with Crippen LogP contribution < -0.4 is 0 Å². The molecule has 0 atom stereocenters. The third kappa shape index (κ3) is 3.57. The van der Waals surface area contributed by atoms with Crippen molar-refractivity contribution in [2.45, 2.75) is 6.42 Å². The van der Waals surface area contributed by atoms with Crippen molar-refractivity contribution in [2.75, 3.05) is 6.61 Å². The molecule has 0 saturated heterocycles. The molecular weight excluding hydrogens is 191 g/mol. The molecule has 70 valence electrons. The third-order valence-electron chi connectivity index (χ3n) is 1.49. The first-order valence-corrected chi connectivity index (χ1v) is 4.33. The van der Waals surface area contributed by atoms with Gasteiger partial charge in [-0.05, 0) is 30.2 Å². The predicted octanol–water partition coefficient (Wildman–Crippen LogP) is 2.87. The number of benzene rings is 1. The molecule has 0 aliphatic heterocycles. The highest BCUT2D eigenvalue weighted by atomic mass is 35.5. The first-order valence-electron chi connectivity index (χ1n) is 3.96. The molecule has 3 heteroatoms. The van der Waals surface area contributed by atoms with Gasteiger partial charge in [-0.3, -0.25) is 0 Å². The van der Waals surface area contributed by atoms with Crippen LogP contribution in [0, 0.1) is 5.82 Å². The molecule has 1 nitrogen and oxygen atoms in total. The summed E-state index contributed by atoms with van der Waals surface area (Å²) in [6.07, 6.45) is 4.06. The van der Waals surface area contributed by atoms with E-state index >= 15 is 0 Å². The van der Waals surface area contributed by atoms with Crippen molar-refractivity contribution >= 4 is 17.7 Å². The van der Waals surface area contributed by atoms with Gasteiger partial charge in [-0.25, -0.2) is 4.39 Å². The normalized spacial score (nSPS) is 11.0. The van der Waals surface area contributed by atoms with Gasteiger partial charge in [-0.1, -0.05) is 23.8 Å². The molecular formula is C10H10ClFO. The smallest absolute Gasteiger partial charge is 0.125 e. The highest BCUT2D eigenvalue weighted by Crippen LogP contribution is 2.15. The first-order chi connectivity index (χ1) is 6.22. The summed E-state index contributed by atoms with van der Waals surface area (Å²) in [5, 5.41) is 8.88. The first kappa shape index (κ1) is 10.2. The lowest BCUT2D eigenvalue weighted by atomic mass is 10.2. The molecule has 13 heavy (non-hydrogen) atoms. The largest absolute Gasteiger partial charge is 0.396 e. The van der Waals surface area contributed by atoms with E-state index in [1.807, 2.05) is 0 Å². The van der Waals surface area contributed by atoms with Crippen molar-refractivity contribution in [2.24, 2.45) is 0 Å². The van der Waals surface area contributed by atoms with E-state index in [0.717, 1.165) is 0 Å². The van der Waals surface area contributed by atoms with Crippen molar-refractivity contribution in [1.29, 1.82) is 0 Å². The van der Waals surface area contributed by atoms with Gasteiger partial charge in [0.1, 0.15) is 5.82 Å². The number of hydrogen-bond donors (Lipinski definition) is 1. The zero-order valence-electron chi connectivity index (χ0n) is 7.00. The second-order valence-corrected chi connectivity index (χ2v) is 3.05. The van der Waals surface area contributed by atoms with Crippen molar-refractivity contribution in [3.63, 3.8) is 0 Å². The van der Waals surface area contributed by atoms with Gasteiger partial charge >= 0.3 is 0 Å². The molecule has 0 heterocycles. The Morgan fingerprint density at radius 3 is 2.77 bits per heavy atom. The lowest BCUT2D eigenvalue weighted by molar-refractivity contribution is 0.303. The van der Waals surface area contributed by atoms with Gasteiger partial charge in [0.15, 0.2) is 0 Å². The highest BCUT2D eigenvalue weighted by Gasteiger charge is 1.95. The second-order valence-electron chi connectivity index (χ2n) is 2.62. The molecule has 1 aromatic rings. The monoisotopic (exact) mass is 200 g/mol. The van der Waals surface area contributed by atoms with Crippen LogP contribution in [0.15, 0.2) is 24.3 Å². The minimum Gasteiger partial charge on any atom is -0.396 e. The number of rotatable bonds is 3. The Kier molecular flexibility index (Phi) is 3.93. The van der Waals surface area contributed by atoms with Crippen LogP contribution in [0.2, 0.25) is 5.02 Å². The minimum atomic E-state index is -0.351. The van der Waals surface area contributed by atoms with Crippen LogP contribution in [0.1, 0.15) is 12.0 Å². The van der Waals surface area contributed by atoms with Crippen LogP contribution in [-0.4, -0.2) is 11.7 Å². The van der Waals surface area contributed by atoms with Crippen molar-refractivity contribution in [3.8, 4) is 0 Å². The summed E-state index contributed by atoms with van der Waals surface area (Å²) in [6, 6.07) is 4.31. The van der Waals surface area contributed by atoms with Crippen molar-refractivity contribution in [1.82, 2.24) is 0 Å². The molecule has 1 N–H and O–H groups in total. The quantitative estimate of drug-likeness (QED) is 0.796. The highest BCUT2D eigenvalue weighted by molar-refractivity contribution is 6.30. The number of aliphatic hydroxyl groups excluding tert-OH is 1. The summed E-state index contributed by atoms with van der Waals surface area (Å²) in [5.41, 5.74) is 0.707. The van der Waals surface area contributed by atoms with Gasteiger partial charge in [-0.15, -0.1) is 0 Å². The van der Waals surface area contributed by atoms with Crippen LogP contribution in [0.3, 0.4) is 0 Å². The number of hydrogen-bond acceptors (Lipinski definition) is 1. The van der Waals surface area contributed by atoms with Crippen molar-refractivity contribution in [3.05, 3.63) is 40.7 Å². The Balaban J connectivity index is 2.77. The van der Waals surface area contributed by atoms with E-state index in [1.165, 1.54) is 12.1 Å². The zero-order chi connectivity index (χ0) is 9.68. The van der Waals surface area contributed by atoms with E-state index in [4.69, 9.17) is 16.7 Å². The van der Waals surface area contributed by atoms with Gasteiger partial charge in [0.2, 0.25) is 0 Å². The summed E-state index contributed by atoms with van der Waals surface area (Å²) >= 11 is 5.64. The standard InChI is InChI=1S/C10H10ClFO/c11-9-5-8(3-1-2-4-13)6-10(12)7-9/h1,3,5-7,13H,2,4H2. The van der Waals surface area contributed by atoms with Crippen molar-refractivity contribution < 1.29 is 9.50 Å². The van der Waals surface area contributed by atoms with Gasteiger partial charge in [0.05, 0.1) is 0 Å². The summed E-state index contributed by atoms with van der Waals surface area (Å²) in [5.74, 6) is -0.351. The molecule has 0 aliphatic carbocycles. The van der Waals surface area contributed by atoms with E-state index in [9.17, 15) is 4.39 Å². The molecule has 0 saturated carbocycles. The lowest BCUT2D eigenvalue weighted by Crippen LogP contribution is -1.79. The van der Waals surface area contributed by atoms with Gasteiger partial charge in [0.25, 0.3) is 0 Å². The molecule has 0 fully saturated rings. The number of halogens is 2. The fourth-order valence-corrected chi connectivity index (χ4v) is 1.20. The van der Waals surface area contributed by atoms with Gasteiger partial charge in [0, 0.05) is 11.6 Å². The van der Waals surface area contributed by atoms with Crippen LogP contribution in [0.4, 0.5) is 4.39 Å². The topological polar surface area (TPSA) is 20.2 Å². The van der Waals surface area contributed by atoms with Gasteiger partial charge in [-0.2, -0.15) is 0 Å². The average molecular weight is 201 g/mol. The molecule has 0 spiro atoms. The Labute approximate surface area is 81.5 Å². The molecule has 0 aliphatic rings. The van der Waals surface area contributed by atoms with E-state index < -0.39 is 0 Å². The van der Waals surface area contributed by atoms with E-state index in [2.05, 4.69) is 0 Å². The SMILES string of the molecule is OCCC=Cc1cc(F)cc(Cl)c1. The summed E-state index contributed by atoms with van der Waals surface area (Å²) < 4.78 is 12.8. The molecule has 0 unspecified atom stereocenters. The second kappa shape index (κ2) is 5.00. The van der Waals surface area contributed by atoms with E-state index in [1.54, 1.807) is 18.2 Å².